The van der Waals surface area contributed by atoms with Gasteiger partial charge >= 0.3 is 0 Å². The van der Waals surface area contributed by atoms with Gasteiger partial charge in [0.25, 0.3) is 0 Å². The van der Waals surface area contributed by atoms with Crippen LogP contribution in [0.3, 0.4) is 0 Å². The smallest absolute Gasteiger partial charge is 0.149 e. The third kappa shape index (κ3) is 4.03. The van der Waals surface area contributed by atoms with Crippen molar-refractivity contribution >= 4 is 22.5 Å². The van der Waals surface area contributed by atoms with E-state index < -0.39 is 17.7 Å². The molecule has 2 aromatic carbocycles. The van der Waals surface area contributed by atoms with Crippen molar-refractivity contribution in [3.63, 3.8) is 0 Å². The molecule has 0 aliphatic rings. The number of methoxy groups -OCH3 is 1. The summed E-state index contributed by atoms with van der Waals surface area (Å²) in [5.41, 5.74) is 1.11. The van der Waals surface area contributed by atoms with E-state index in [1.165, 1.54) is 25.3 Å². The summed E-state index contributed by atoms with van der Waals surface area (Å²) in [6.45, 7) is 3.44. The number of para-hydroxylation sites is 1. The van der Waals surface area contributed by atoms with Crippen molar-refractivity contribution in [2.24, 2.45) is 0 Å². The molecule has 27 heavy (non-hydrogen) atoms. The SMILES string of the molecule is COCOC(C)c1c(Oc2cc3cccc(F)c3nc2C)ccc(F)c1Cl. The van der Waals surface area contributed by atoms with Crippen molar-refractivity contribution in [2.75, 3.05) is 13.9 Å². The molecular formula is C20H18ClF2NO3. The van der Waals surface area contributed by atoms with Gasteiger partial charge in [-0.1, -0.05) is 23.7 Å². The van der Waals surface area contributed by atoms with E-state index in [2.05, 4.69) is 4.98 Å². The Bertz CT molecular complexity index is 981. The summed E-state index contributed by atoms with van der Waals surface area (Å²) in [6, 6.07) is 9.05. The monoisotopic (exact) mass is 393 g/mol. The predicted octanol–water partition coefficient (Wildman–Crippen LogP) is 5.95. The zero-order chi connectivity index (χ0) is 19.6. The van der Waals surface area contributed by atoms with Gasteiger partial charge in [0.2, 0.25) is 0 Å². The molecule has 0 saturated carbocycles. The number of hydrogen-bond donors (Lipinski definition) is 0. The summed E-state index contributed by atoms with van der Waals surface area (Å²) in [5.74, 6) is -0.252. The van der Waals surface area contributed by atoms with Crippen LogP contribution in [0.4, 0.5) is 8.78 Å². The van der Waals surface area contributed by atoms with Crippen LogP contribution in [0, 0.1) is 18.6 Å². The lowest BCUT2D eigenvalue weighted by Crippen LogP contribution is -2.07. The number of rotatable bonds is 6. The van der Waals surface area contributed by atoms with Crippen LogP contribution in [0.25, 0.3) is 10.9 Å². The Hall–Kier alpha value is -2.28. The van der Waals surface area contributed by atoms with Gasteiger partial charge in [0.1, 0.15) is 35.4 Å². The van der Waals surface area contributed by atoms with Crippen LogP contribution in [-0.4, -0.2) is 18.9 Å². The van der Waals surface area contributed by atoms with Gasteiger partial charge < -0.3 is 14.2 Å². The third-order valence-electron chi connectivity index (χ3n) is 4.10. The molecule has 142 valence electrons. The quantitative estimate of drug-likeness (QED) is 0.485. The second-order valence-electron chi connectivity index (χ2n) is 5.97. The van der Waals surface area contributed by atoms with Crippen molar-refractivity contribution in [1.82, 2.24) is 4.98 Å². The Morgan fingerprint density at radius 3 is 2.63 bits per heavy atom. The van der Waals surface area contributed by atoms with Gasteiger partial charge in [-0.05, 0) is 38.1 Å². The summed E-state index contributed by atoms with van der Waals surface area (Å²) < 4.78 is 44.3. The van der Waals surface area contributed by atoms with Crippen LogP contribution in [0.15, 0.2) is 36.4 Å². The highest BCUT2D eigenvalue weighted by Crippen LogP contribution is 2.39. The third-order valence-corrected chi connectivity index (χ3v) is 4.48. The Morgan fingerprint density at radius 2 is 1.89 bits per heavy atom. The van der Waals surface area contributed by atoms with Crippen molar-refractivity contribution in [3.8, 4) is 11.5 Å². The van der Waals surface area contributed by atoms with E-state index in [4.69, 9.17) is 25.8 Å². The van der Waals surface area contributed by atoms with E-state index >= 15 is 0 Å². The molecule has 3 aromatic rings. The molecule has 0 N–H and O–H groups in total. The molecule has 0 spiro atoms. The van der Waals surface area contributed by atoms with Crippen molar-refractivity contribution in [3.05, 3.63) is 64.3 Å². The Morgan fingerprint density at radius 1 is 1.11 bits per heavy atom. The number of aryl methyl sites for hydroxylation is 1. The highest BCUT2D eigenvalue weighted by atomic mass is 35.5. The van der Waals surface area contributed by atoms with Gasteiger partial charge in [0.15, 0.2) is 0 Å². The van der Waals surface area contributed by atoms with Gasteiger partial charge in [-0.15, -0.1) is 0 Å². The maximum Gasteiger partial charge on any atom is 0.149 e. The summed E-state index contributed by atoms with van der Waals surface area (Å²) >= 11 is 6.15. The average Bonchev–Trinajstić information content (AvgIpc) is 2.64. The Kier molecular flexibility index (Phi) is 5.89. The standard InChI is InChI=1S/C20H18ClF2NO3/c1-11-17(9-13-5-4-6-15(23)20(13)24-11)27-16-8-7-14(22)19(21)18(16)12(2)26-10-25-3/h4-9,12H,10H2,1-3H3. The van der Waals surface area contributed by atoms with Gasteiger partial charge in [0, 0.05) is 18.1 Å². The van der Waals surface area contributed by atoms with E-state index in [0.717, 1.165) is 0 Å². The average molecular weight is 394 g/mol. The lowest BCUT2D eigenvalue weighted by atomic mass is 10.1. The number of fused-ring (bicyclic) bond motifs is 1. The molecule has 0 bridgehead atoms. The Labute approximate surface area is 160 Å². The van der Waals surface area contributed by atoms with E-state index in [9.17, 15) is 8.78 Å². The first-order valence-corrected chi connectivity index (χ1v) is 8.62. The topological polar surface area (TPSA) is 40.6 Å². The van der Waals surface area contributed by atoms with E-state index in [-0.39, 0.29) is 17.3 Å². The molecule has 1 unspecified atom stereocenters. The fourth-order valence-electron chi connectivity index (χ4n) is 2.73. The maximum absolute atomic E-state index is 14.0. The number of halogens is 3. The minimum absolute atomic E-state index is 0.0171. The van der Waals surface area contributed by atoms with Gasteiger partial charge in [-0.3, -0.25) is 0 Å². The summed E-state index contributed by atoms with van der Waals surface area (Å²) in [5, 5.41) is 0.502. The minimum Gasteiger partial charge on any atom is -0.455 e. The van der Waals surface area contributed by atoms with Gasteiger partial charge in [0.05, 0.1) is 16.8 Å². The molecule has 1 aromatic heterocycles. The largest absolute Gasteiger partial charge is 0.455 e. The molecule has 0 radical (unpaired) electrons. The van der Waals surface area contributed by atoms with E-state index in [0.29, 0.717) is 28.1 Å². The maximum atomic E-state index is 14.0. The lowest BCUT2D eigenvalue weighted by molar-refractivity contribution is -0.0671. The number of ether oxygens (including phenoxy) is 3. The second-order valence-corrected chi connectivity index (χ2v) is 6.35. The molecule has 0 saturated heterocycles. The molecule has 1 atom stereocenters. The van der Waals surface area contributed by atoms with Gasteiger partial charge in [-0.25, -0.2) is 13.8 Å². The van der Waals surface area contributed by atoms with Crippen LogP contribution in [-0.2, 0) is 9.47 Å². The molecular weight excluding hydrogens is 376 g/mol. The summed E-state index contributed by atoms with van der Waals surface area (Å²) in [7, 11) is 1.49. The Balaban J connectivity index is 2.04. The molecule has 3 rings (SSSR count). The molecule has 7 heteroatoms. The highest BCUT2D eigenvalue weighted by molar-refractivity contribution is 6.31. The normalized spacial score (nSPS) is 12.4. The first-order valence-electron chi connectivity index (χ1n) is 8.24. The zero-order valence-corrected chi connectivity index (χ0v) is 15.8. The highest BCUT2D eigenvalue weighted by Gasteiger charge is 2.21. The summed E-state index contributed by atoms with van der Waals surface area (Å²) in [6.07, 6.45) is -0.575. The fraction of sp³-hybridized carbons (Fsp3) is 0.250. The zero-order valence-electron chi connectivity index (χ0n) is 15.1. The lowest BCUT2D eigenvalue weighted by Gasteiger charge is -2.19. The predicted molar refractivity (Wildman–Crippen MR) is 99.3 cm³/mol. The first kappa shape index (κ1) is 19.5. The molecule has 0 aliphatic heterocycles. The molecule has 1 heterocycles. The number of hydrogen-bond acceptors (Lipinski definition) is 4. The van der Waals surface area contributed by atoms with Crippen molar-refractivity contribution < 1.29 is 23.0 Å². The molecule has 0 fully saturated rings. The van der Waals surface area contributed by atoms with Crippen molar-refractivity contribution in [2.45, 2.75) is 20.0 Å². The molecule has 0 amide bonds. The van der Waals surface area contributed by atoms with E-state index in [1.54, 1.807) is 32.0 Å². The molecule has 4 nitrogen and oxygen atoms in total. The van der Waals surface area contributed by atoms with Crippen LogP contribution >= 0.6 is 11.6 Å². The number of pyridine rings is 1. The van der Waals surface area contributed by atoms with E-state index in [1.807, 2.05) is 0 Å². The van der Waals surface area contributed by atoms with Crippen LogP contribution in [0.1, 0.15) is 24.3 Å². The van der Waals surface area contributed by atoms with Gasteiger partial charge in [-0.2, -0.15) is 0 Å². The van der Waals surface area contributed by atoms with Crippen LogP contribution in [0.2, 0.25) is 5.02 Å². The summed E-state index contributed by atoms with van der Waals surface area (Å²) in [4.78, 5) is 4.28. The minimum atomic E-state index is -0.581. The van der Waals surface area contributed by atoms with Crippen LogP contribution < -0.4 is 4.74 Å². The van der Waals surface area contributed by atoms with Crippen molar-refractivity contribution in [1.29, 1.82) is 0 Å². The second kappa shape index (κ2) is 8.17. The van der Waals surface area contributed by atoms with Crippen LogP contribution in [0.5, 0.6) is 11.5 Å². The number of aromatic nitrogens is 1. The number of nitrogens with zero attached hydrogens (tertiary/aromatic N) is 1. The molecule has 0 aliphatic carbocycles. The fourth-order valence-corrected chi connectivity index (χ4v) is 3.04. The number of benzene rings is 2. The first-order chi connectivity index (χ1) is 12.9.